The van der Waals surface area contributed by atoms with Crippen LogP contribution in [0.15, 0.2) is 6.33 Å². The average molecular weight is 275 g/mol. The van der Waals surface area contributed by atoms with Gasteiger partial charge in [0.05, 0.1) is 19.3 Å². The first-order chi connectivity index (χ1) is 8.61. The van der Waals surface area contributed by atoms with E-state index in [4.69, 9.17) is 26.8 Å². The molecule has 0 saturated heterocycles. The van der Waals surface area contributed by atoms with Gasteiger partial charge in [-0.3, -0.25) is 0 Å². The fourth-order valence-corrected chi connectivity index (χ4v) is 1.78. The number of nitrogens with two attached hydrogens (primary N) is 1. The molecule has 0 radical (unpaired) electrons. The van der Waals surface area contributed by atoms with Crippen molar-refractivity contribution < 1.29 is 9.47 Å². The van der Waals surface area contributed by atoms with Crippen molar-refractivity contribution in [3.63, 3.8) is 0 Å². The van der Waals surface area contributed by atoms with E-state index in [1.54, 1.807) is 14.2 Å². The van der Waals surface area contributed by atoms with Gasteiger partial charge in [-0.25, -0.2) is 9.97 Å². The minimum Gasteiger partial charge on any atom is -0.393 e. The average Bonchev–Trinajstić information content (AvgIpc) is 2.35. The normalized spacial score (nSPS) is 12.4. The molecule has 0 aromatic carbocycles. The Morgan fingerprint density at radius 2 is 2.11 bits per heavy atom. The first kappa shape index (κ1) is 14.9. The van der Waals surface area contributed by atoms with Crippen LogP contribution in [-0.2, 0) is 9.47 Å². The molecule has 0 spiro atoms. The fraction of sp³-hybridized carbons (Fsp3) is 0.636. The van der Waals surface area contributed by atoms with Crippen LogP contribution in [0.25, 0.3) is 0 Å². The second-order valence-corrected chi connectivity index (χ2v) is 4.25. The van der Waals surface area contributed by atoms with Gasteiger partial charge in [-0.05, 0) is 6.92 Å². The van der Waals surface area contributed by atoms with Gasteiger partial charge in [0.25, 0.3) is 0 Å². The summed E-state index contributed by atoms with van der Waals surface area (Å²) in [5.41, 5.74) is 6.28. The Balaban J connectivity index is 2.97. The summed E-state index contributed by atoms with van der Waals surface area (Å²) < 4.78 is 10.2. The summed E-state index contributed by atoms with van der Waals surface area (Å²) in [5.74, 6) is 0.608. The van der Waals surface area contributed by atoms with E-state index >= 15 is 0 Å². The van der Waals surface area contributed by atoms with Crippen molar-refractivity contribution in [1.29, 1.82) is 0 Å². The highest BCUT2D eigenvalue weighted by molar-refractivity contribution is 6.32. The van der Waals surface area contributed by atoms with Crippen molar-refractivity contribution in [2.75, 3.05) is 44.6 Å². The molecular weight excluding hydrogens is 256 g/mol. The molecular formula is C11H19ClN4O2. The largest absolute Gasteiger partial charge is 0.393 e. The topological polar surface area (TPSA) is 73.5 Å². The number of hydrogen-bond acceptors (Lipinski definition) is 6. The van der Waals surface area contributed by atoms with Gasteiger partial charge in [0.15, 0.2) is 11.0 Å². The van der Waals surface area contributed by atoms with Crippen molar-refractivity contribution in [3.05, 3.63) is 11.5 Å². The summed E-state index contributed by atoms with van der Waals surface area (Å²) >= 11 is 5.91. The van der Waals surface area contributed by atoms with E-state index in [1.807, 2.05) is 11.8 Å². The van der Waals surface area contributed by atoms with Crippen LogP contribution in [0, 0.1) is 0 Å². The lowest BCUT2D eigenvalue weighted by Crippen LogP contribution is -2.39. The van der Waals surface area contributed by atoms with E-state index in [0.29, 0.717) is 31.3 Å². The molecule has 0 amide bonds. The van der Waals surface area contributed by atoms with Crippen LogP contribution in [0.3, 0.4) is 0 Å². The van der Waals surface area contributed by atoms with Gasteiger partial charge >= 0.3 is 0 Å². The number of methoxy groups -OCH3 is 2. The summed E-state index contributed by atoms with van der Waals surface area (Å²) in [6.07, 6.45) is 1.40. The zero-order chi connectivity index (χ0) is 13.5. The van der Waals surface area contributed by atoms with Gasteiger partial charge < -0.3 is 20.1 Å². The molecule has 0 aliphatic heterocycles. The van der Waals surface area contributed by atoms with Gasteiger partial charge in [0.1, 0.15) is 12.0 Å². The van der Waals surface area contributed by atoms with Crippen molar-refractivity contribution in [2.24, 2.45) is 0 Å². The second-order valence-electron chi connectivity index (χ2n) is 3.89. The molecule has 1 aromatic heterocycles. The Labute approximate surface area is 112 Å². The predicted molar refractivity (Wildman–Crippen MR) is 72.0 cm³/mol. The number of rotatable bonds is 7. The lowest BCUT2D eigenvalue weighted by Gasteiger charge is -2.30. The molecule has 0 aliphatic rings. The van der Waals surface area contributed by atoms with Gasteiger partial charge in [0.2, 0.25) is 0 Å². The van der Waals surface area contributed by atoms with E-state index in [-0.39, 0.29) is 11.2 Å². The highest BCUT2D eigenvalue weighted by Gasteiger charge is 2.19. The number of hydrogen-bond donors (Lipinski definition) is 1. The molecule has 0 fully saturated rings. The molecule has 1 heterocycles. The Hall–Kier alpha value is -1.11. The van der Waals surface area contributed by atoms with E-state index < -0.39 is 0 Å². The van der Waals surface area contributed by atoms with Crippen molar-refractivity contribution >= 4 is 23.1 Å². The van der Waals surface area contributed by atoms with Crippen molar-refractivity contribution in [3.8, 4) is 0 Å². The van der Waals surface area contributed by atoms with E-state index in [9.17, 15) is 0 Å². The lowest BCUT2D eigenvalue weighted by atomic mass is 10.2. The minimum atomic E-state index is 0.110. The zero-order valence-electron chi connectivity index (χ0n) is 10.9. The molecule has 102 valence electrons. The van der Waals surface area contributed by atoms with Crippen molar-refractivity contribution in [1.82, 2.24) is 9.97 Å². The third-order valence-corrected chi connectivity index (χ3v) is 2.86. The predicted octanol–water partition coefficient (Wildman–Crippen LogP) is 1.20. The standard InChI is InChI=1S/C11H19ClN4O2/c1-8(6-18-3)16(4-5-17-2)11-9(13)10(12)14-7-15-11/h7-8H,4-6,13H2,1-3H3. The number of halogens is 1. The van der Waals surface area contributed by atoms with E-state index in [1.165, 1.54) is 6.33 Å². The molecule has 2 N–H and O–H groups in total. The fourth-order valence-electron chi connectivity index (χ4n) is 1.65. The SMILES string of the molecule is COCCN(c1ncnc(Cl)c1N)C(C)COC. The quantitative estimate of drug-likeness (QED) is 0.753. The van der Waals surface area contributed by atoms with Crippen LogP contribution >= 0.6 is 11.6 Å². The molecule has 6 nitrogen and oxygen atoms in total. The smallest absolute Gasteiger partial charge is 0.157 e. The maximum absolute atomic E-state index is 5.91. The molecule has 1 atom stereocenters. The molecule has 0 aliphatic carbocycles. The van der Waals surface area contributed by atoms with Crippen LogP contribution in [0.5, 0.6) is 0 Å². The molecule has 0 saturated carbocycles. The van der Waals surface area contributed by atoms with Gasteiger partial charge in [-0.2, -0.15) is 0 Å². The molecule has 1 unspecified atom stereocenters. The molecule has 1 aromatic rings. The Morgan fingerprint density at radius 3 is 2.72 bits per heavy atom. The maximum Gasteiger partial charge on any atom is 0.157 e. The molecule has 18 heavy (non-hydrogen) atoms. The minimum absolute atomic E-state index is 0.110. The van der Waals surface area contributed by atoms with Crippen LogP contribution in [0.2, 0.25) is 5.15 Å². The Bertz CT molecular complexity index is 378. The Morgan fingerprint density at radius 1 is 1.39 bits per heavy atom. The highest BCUT2D eigenvalue weighted by atomic mass is 35.5. The number of aromatic nitrogens is 2. The summed E-state index contributed by atoms with van der Waals surface area (Å²) in [5, 5.41) is 0.257. The summed E-state index contributed by atoms with van der Waals surface area (Å²) in [6.45, 7) is 3.80. The second kappa shape index (κ2) is 7.35. The first-order valence-electron chi connectivity index (χ1n) is 5.62. The van der Waals surface area contributed by atoms with Crippen LogP contribution in [-0.4, -0.2) is 50.0 Å². The number of ether oxygens (including phenoxy) is 2. The van der Waals surface area contributed by atoms with Gasteiger partial charge in [-0.15, -0.1) is 0 Å². The van der Waals surface area contributed by atoms with E-state index in [2.05, 4.69) is 9.97 Å². The summed E-state index contributed by atoms with van der Waals surface area (Å²) in [4.78, 5) is 10.0. The summed E-state index contributed by atoms with van der Waals surface area (Å²) in [7, 11) is 3.30. The first-order valence-corrected chi connectivity index (χ1v) is 6.00. The molecule has 7 heteroatoms. The Kier molecular flexibility index (Phi) is 6.11. The number of anilines is 2. The van der Waals surface area contributed by atoms with Crippen LogP contribution in [0.4, 0.5) is 11.5 Å². The van der Waals surface area contributed by atoms with Gasteiger partial charge in [0, 0.05) is 20.8 Å². The van der Waals surface area contributed by atoms with Crippen LogP contribution in [0.1, 0.15) is 6.92 Å². The number of nitrogens with zero attached hydrogens (tertiary/aromatic N) is 3. The van der Waals surface area contributed by atoms with Gasteiger partial charge in [-0.1, -0.05) is 11.6 Å². The highest BCUT2D eigenvalue weighted by Crippen LogP contribution is 2.26. The molecule has 0 bridgehead atoms. The van der Waals surface area contributed by atoms with Crippen molar-refractivity contribution in [2.45, 2.75) is 13.0 Å². The molecule has 1 rings (SSSR count). The third kappa shape index (κ3) is 3.69. The van der Waals surface area contributed by atoms with Crippen LogP contribution < -0.4 is 10.6 Å². The monoisotopic (exact) mass is 274 g/mol. The van der Waals surface area contributed by atoms with E-state index in [0.717, 1.165) is 0 Å². The summed E-state index contributed by atoms with van der Waals surface area (Å²) in [6, 6.07) is 0.110. The lowest BCUT2D eigenvalue weighted by molar-refractivity contribution is 0.170. The number of nitrogen functional groups attached to an aromatic ring is 1. The zero-order valence-corrected chi connectivity index (χ0v) is 11.6. The third-order valence-electron chi connectivity index (χ3n) is 2.56. The maximum atomic E-state index is 5.91.